The van der Waals surface area contributed by atoms with E-state index >= 15 is 0 Å². The van der Waals surface area contributed by atoms with Gasteiger partial charge in [-0.15, -0.1) is 0 Å². The molecule has 0 fully saturated rings. The highest BCUT2D eigenvalue weighted by Crippen LogP contribution is 2.44. The molecule has 0 atom stereocenters. The number of fused-ring (bicyclic) bond motifs is 3. The van der Waals surface area contributed by atoms with Gasteiger partial charge in [-0.3, -0.25) is 24.0 Å². The van der Waals surface area contributed by atoms with E-state index in [1.165, 1.54) is 35.2 Å². The first-order chi connectivity index (χ1) is 24.9. The van der Waals surface area contributed by atoms with Gasteiger partial charge in [0.1, 0.15) is 18.8 Å². The molecule has 0 aliphatic heterocycles. The minimum atomic E-state index is -0.681. The fraction of sp³-hybridized carbons (Fsp3) is 0.486. The Hall–Kier alpha value is -5.67. The van der Waals surface area contributed by atoms with Gasteiger partial charge in [-0.05, 0) is 43.0 Å². The molecule has 1 aliphatic rings. The van der Waals surface area contributed by atoms with Gasteiger partial charge >= 0.3 is 12.2 Å². The molecule has 0 saturated heterocycles. The molecule has 3 rings (SSSR count). The predicted molar refractivity (Wildman–Crippen MR) is 195 cm³/mol. The van der Waals surface area contributed by atoms with Crippen molar-refractivity contribution in [2.75, 3.05) is 87.7 Å². The Labute approximate surface area is 310 Å². The van der Waals surface area contributed by atoms with Crippen molar-refractivity contribution in [3.05, 3.63) is 59.7 Å². The predicted octanol–water partition coefficient (Wildman–Crippen LogP) is 1.34. The standard InChI is InChI=1S/C37H51N7O9/c1-37(2,3)53-35(50)39-18-17-38-30(45)19-40(4)31(46)20-41(5)32(47)21-42(6)33(48)22-43(7)34(49)23-44(8)36(51)52-24-29-27-15-11-9-13-25(27)26-14-10-12-16-28(26)29/h9-16,29H,17-24H2,1-8H3,(H,38,45)(H,39,50). The second-order valence-corrected chi connectivity index (χ2v) is 13.9. The van der Waals surface area contributed by atoms with E-state index in [0.29, 0.717) is 0 Å². The van der Waals surface area contributed by atoms with Crippen LogP contribution in [-0.2, 0) is 33.4 Å². The zero-order valence-electron chi connectivity index (χ0n) is 31.8. The summed E-state index contributed by atoms with van der Waals surface area (Å²) in [6, 6.07) is 15.9. The minimum Gasteiger partial charge on any atom is -0.448 e. The quantitative estimate of drug-likeness (QED) is 0.256. The summed E-state index contributed by atoms with van der Waals surface area (Å²) >= 11 is 0. The second-order valence-electron chi connectivity index (χ2n) is 13.9. The Morgan fingerprint density at radius 1 is 0.585 bits per heavy atom. The van der Waals surface area contributed by atoms with Crippen LogP contribution in [0.4, 0.5) is 9.59 Å². The van der Waals surface area contributed by atoms with E-state index in [-0.39, 0.29) is 58.3 Å². The van der Waals surface area contributed by atoms with Gasteiger partial charge in [0.05, 0.1) is 26.2 Å². The van der Waals surface area contributed by atoms with Gasteiger partial charge < -0.3 is 44.6 Å². The molecule has 0 aromatic heterocycles. The molecule has 0 saturated carbocycles. The molecule has 2 aromatic carbocycles. The molecular formula is C37H51N7O9. The van der Waals surface area contributed by atoms with Crippen molar-refractivity contribution in [1.29, 1.82) is 0 Å². The third kappa shape index (κ3) is 12.5. The summed E-state index contributed by atoms with van der Waals surface area (Å²) in [6.07, 6.45) is -1.30. The van der Waals surface area contributed by atoms with Crippen LogP contribution in [0.25, 0.3) is 11.1 Å². The zero-order valence-corrected chi connectivity index (χ0v) is 31.8. The van der Waals surface area contributed by atoms with Gasteiger partial charge in [-0.1, -0.05) is 48.5 Å². The number of carbonyl (C=O) groups is 7. The largest absolute Gasteiger partial charge is 0.448 e. The van der Waals surface area contributed by atoms with E-state index in [1.54, 1.807) is 20.8 Å². The van der Waals surface area contributed by atoms with Crippen LogP contribution in [0.2, 0.25) is 0 Å². The number of hydrogen-bond acceptors (Lipinski definition) is 9. The van der Waals surface area contributed by atoms with E-state index in [0.717, 1.165) is 46.8 Å². The van der Waals surface area contributed by atoms with Crippen molar-refractivity contribution < 1.29 is 43.0 Å². The summed E-state index contributed by atoms with van der Waals surface area (Å²) in [5.41, 5.74) is 3.67. The van der Waals surface area contributed by atoms with Crippen molar-refractivity contribution >= 4 is 41.7 Å². The summed E-state index contributed by atoms with van der Waals surface area (Å²) < 4.78 is 10.7. The SMILES string of the molecule is CN(CC(=O)NCCNC(=O)OC(C)(C)C)C(=O)CN(C)C(=O)CN(C)C(=O)CN(C)C(=O)CN(C)C(=O)OCC1c2ccccc2-c2ccccc21. The number of nitrogens with zero attached hydrogens (tertiary/aromatic N) is 5. The lowest BCUT2D eigenvalue weighted by Crippen LogP contribution is -2.48. The molecule has 288 valence electrons. The monoisotopic (exact) mass is 737 g/mol. The van der Waals surface area contributed by atoms with Gasteiger partial charge in [0.15, 0.2) is 0 Å². The van der Waals surface area contributed by atoms with E-state index in [1.807, 2.05) is 48.5 Å². The van der Waals surface area contributed by atoms with Crippen LogP contribution >= 0.6 is 0 Å². The average molecular weight is 738 g/mol. The molecule has 2 N–H and O–H groups in total. The number of rotatable bonds is 15. The van der Waals surface area contributed by atoms with Gasteiger partial charge in [0.2, 0.25) is 29.5 Å². The first-order valence-electron chi connectivity index (χ1n) is 17.1. The summed E-state index contributed by atoms with van der Waals surface area (Å²) in [5, 5.41) is 5.09. The lowest BCUT2D eigenvalue weighted by Gasteiger charge is -2.26. The fourth-order valence-corrected chi connectivity index (χ4v) is 5.37. The molecule has 53 heavy (non-hydrogen) atoms. The summed E-state index contributed by atoms with van der Waals surface area (Å²) in [7, 11) is 7.04. The molecule has 2 aromatic rings. The molecule has 0 unspecified atom stereocenters. The number of alkyl carbamates (subject to hydrolysis) is 1. The van der Waals surface area contributed by atoms with E-state index < -0.39 is 47.3 Å². The van der Waals surface area contributed by atoms with E-state index in [4.69, 9.17) is 9.47 Å². The Morgan fingerprint density at radius 3 is 1.43 bits per heavy atom. The number of nitrogens with one attached hydrogen (secondary N) is 2. The molecule has 16 nitrogen and oxygen atoms in total. The Morgan fingerprint density at radius 2 is 0.981 bits per heavy atom. The molecule has 16 heteroatoms. The van der Waals surface area contributed by atoms with Crippen LogP contribution in [0.1, 0.15) is 37.8 Å². The van der Waals surface area contributed by atoms with Gasteiger partial charge in [-0.25, -0.2) is 9.59 Å². The number of carbonyl (C=O) groups excluding carboxylic acids is 7. The van der Waals surface area contributed by atoms with Crippen molar-refractivity contribution in [3.8, 4) is 11.1 Å². The van der Waals surface area contributed by atoms with Crippen LogP contribution < -0.4 is 10.6 Å². The molecule has 1 aliphatic carbocycles. The second kappa shape index (κ2) is 18.7. The number of amides is 7. The third-order valence-corrected chi connectivity index (χ3v) is 8.34. The summed E-state index contributed by atoms with van der Waals surface area (Å²) in [5.74, 6) is -2.69. The van der Waals surface area contributed by atoms with Crippen LogP contribution in [0, 0.1) is 0 Å². The van der Waals surface area contributed by atoms with Gasteiger partial charge in [0.25, 0.3) is 0 Å². The van der Waals surface area contributed by atoms with Crippen molar-refractivity contribution in [1.82, 2.24) is 35.1 Å². The Balaban J connectivity index is 1.36. The highest BCUT2D eigenvalue weighted by Gasteiger charge is 2.30. The summed E-state index contributed by atoms with van der Waals surface area (Å²) in [4.78, 5) is 93.6. The molecule has 0 bridgehead atoms. The highest BCUT2D eigenvalue weighted by atomic mass is 16.6. The van der Waals surface area contributed by atoms with Crippen LogP contribution in [-0.4, -0.2) is 159 Å². The maximum absolute atomic E-state index is 12.9. The van der Waals surface area contributed by atoms with E-state index in [9.17, 15) is 33.6 Å². The lowest BCUT2D eigenvalue weighted by molar-refractivity contribution is -0.144. The van der Waals surface area contributed by atoms with Crippen LogP contribution in [0.15, 0.2) is 48.5 Å². The number of benzene rings is 2. The first-order valence-corrected chi connectivity index (χ1v) is 17.1. The van der Waals surface area contributed by atoms with Gasteiger partial charge in [-0.2, -0.15) is 0 Å². The molecule has 0 radical (unpaired) electrons. The maximum atomic E-state index is 12.9. The van der Waals surface area contributed by atoms with Crippen molar-refractivity contribution in [3.63, 3.8) is 0 Å². The number of likely N-dealkylation sites (N-methyl/N-ethyl adjacent to an activating group) is 5. The Bertz CT molecular complexity index is 1630. The molecular weight excluding hydrogens is 686 g/mol. The Kier molecular flexibility index (Phi) is 14.7. The van der Waals surface area contributed by atoms with Crippen LogP contribution in [0.3, 0.4) is 0 Å². The maximum Gasteiger partial charge on any atom is 0.409 e. The number of hydrogen-bond donors (Lipinski definition) is 2. The topological polar surface area (TPSA) is 178 Å². The van der Waals surface area contributed by atoms with Gasteiger partial charge in [0, 0.05) is 54.2 Å². The third-order valence-electron chi connectivity index (χ3n) is 8.34. The molecule has 7 amide bonds. The number of ether oxygens (including phenoxy) is 2. The van der Waals surface area contributed by atoms with Crippen molar-refractivity contribution in [2.45, 2.75) is 32.3 Å². The van der Waals surface area contributed by atoms with Crippen molar-refractivity contribution in [2.24, 2.45) is 0 Å². The normalized spacial score (nSPS) is 11.7. The molecule has 0 spiro atoms. The first kappa shape index (κ1) is 41.7. The average Bonchev–Trinajstić information content (AvgIpc) is 3.41. The van der Waals surface area contributed by atoms with E-state index in [2.05, 4.69) is 10.6 Å². The summed E-state index contributed by atoms with van der Waals surface area (Å²) in [6.45, 7) is 3.88. The highest BCUT2D eigenvalue weighted by molar-refractivity contribution is 5.91. The smallest absolute Gasteiger partial charge is 0.409 e. The van der Waals surface area contributed by atoms with Crippen LogP contribution in [0.5, 0.6) is 0 Å². The molecule has 0 heterocycles. The lowest BCUT2D eigenvalue weighted by atomic mass is 9.98. The fourth-order valence-electron chi connectivity index (χ4n) is 5.37. The zero-order chi connectivity index (χ0) is 39.5. The minimum absolute atomic E-state index is 0.0981.